The number of unbranched alkanes of at least 4 members (excludes halogenated alkanes) is 11. The molecule has 138 valence electrons. The fourth-order valence-corrected chi connectivity index (χ4v) is 2.94. The molecule has 0 aliphatic rings. The van der Waals surface area contributed by atoms with E-state index in [4.69, 9.17) is 0 Å². The molecule has 3 nitrogen and oxygen atoms in total. The molecule has 0 aromatic carbocycles. The number of rotatable bonds is 17. The summed E-state index contributed by atoms with van der Waals surface area (Å²) in [6.45, 7) is 2.22. The number of hydrogen-bond donors (Lipinski definition) is 1. The average Bonchev–Trinajstić information content (AvgIpc) is 2.56. The molecule has 3 heteroatoms. The number of carbonyl (C=O) groups excluding carboxylic acids is 1. The summed E-state index contributed by atoms with van der Waals surface area (Å²) in [5.74, 6) is -0.0856. The van der Waals surface area contributed by atoms with E-state index in [0.717, 1.165) is 25.7 Å². The first-order valence-corrected chi connectivity index (χ1v) is 9.95. The number of methoxy groups -OCH3 is 1. The molecule has 0 heterocycles. The van der Waals surface area contributed by atoms with Gasteiger partial charge in [0.05, 0.1) is 13.2 Å². The van der Waals surface area contributed by atoms with Gasteiger partial charge in [-0.1, -0.05) is 84.0 Å². The fourth-order valence-electron chi connectivity index (χ4n) is 2.94. The van der Waals surface area contributed by atoms with Gasteiger partial charge in [0.15, 0.2) is 0 Å². The van der Waals surface area contributed by atoms with Gasteiger partial charge >= 0.3 is 5.97 Å². The summed E-state index contributed by atoms with van der Waals surface area (Å²) in [5, 5.41) is 9.90. The van der Waals surface area contributed by atoms with Gasteiger partial charge in [0.2, 0.25) is 0 Å². The standard InChI is InChI=1S/C20H40O3/c1-3-4-5-13-16-19(21)17-14-11-9-7-6-8-10-12-15-18-20(22)23-2/h19,21H,3-18H2,1-2H3. The van der Waals surface area contributed by atoms with E-state index < -0.39 is 0 Å². The van der Waals surface area contributed by atoms with Crippen molar-refractivity contribution in [3.63, 3.8) is 0 Å². The molecule has 0 aromatic heterocycles. The third-order valence-electron chi connectivity index (χ3n) is 4.54. The predicted molar refractivity (Wildman–Crippen MR) is 97.6 cm³/mol. The number of carbonyl (C=O) groups is 1. The van der Waals surface area contributed by atoms with Crippen LogP contribution >= 0.6 is 0 Å². The summed E-state index contributed by atoms with van der Waals surface area (Å²) in [5.41, 5.74) is 0. The molecule has 0 spiro atoms. The third-order valence-corrected chi connectivity index (χ3v) is 4.54. The summed E-state index contributed by atoms with van der Waals surface area (Å²) >= 11 is 0. The zero-order valence-corrected chi connectivity index (χ0v) is 15.7. The Bertz CT molecular complexity index is 253. The highest BCUT2D eigenvalue weighted by atomic mass is 16.5. The topological polar surface area (TPSA) is 46.5 Å². The monoisotopic (exact) mass is 328 g/mol. The van der Waals surface area contributed by atoms with Crippen molar-refractivity contribution in [2.75, 3.05) is 7.11 Å². The van der Waals surface area contributed by atoms with Crippen molar-refractivity contribution in [2.24, 2.45) is 0 Å². The Morgan fingerprint density at radius 2 is 1.22 bits per heavy atom. The van der Waals surface area contributed by atoms with Crippen LogP contribution in [-0.4, -0.2) is 24.3 Å². The van der Waals surface area contributed by atoms with Crippen molar-refractivity contribution >= 4 is 5.97 Å². The second-order valence-corrected chi connectivity index (χ2v) is 6.80. The quantitative estimate of drug-likeness (QED) is 0.272. The summed E-state index contributed by atoms with van der Waals surface area (Å²) < 4.78 is 4.63. The molecule has 0 aliphatic heterocycles. The number of aliphatic hydroxyl groups is 1. The predicted octanol–water partition coefficient (Wildman–Crippen LogP) is 5.78. The molecule has 1 N–H and O–H groups in total. The van der Waals surface area contributed by atoms with Crippen LogP contribution < -0.4 is 0 Å². The summed E-state index contributed by atoms with van der Waals surface area (Å²) in [7, 11) is 1.45. The van der Waals surface area contributed by atoms with Crippen LogP contribution in [0.5, 0.6) is 0 Å². The molecular formula is C20H40O3. The molecule has 0 aliphatic carbocycles. The van der Waals surface area contributed by atoms with E-state index in [0.29, 0.717) is 6.42 Å². The first-order chi connectivity index (χ1) is 11.2. The van der Waals surface area contributed by atoms with Gasteiger partial charge in [0.25, 0.3) is 0 Å². The first-order valence-electron chi connectivity index (χ1n) is 9.95. The number of aliphatic hydroxyl groups excluding tert-OH is 1. The van der Waals surface area contributed by atoms with E-state index in [1.165, 1.54) is 77.7 Å². The second-order valence-electron chi connectivity index (χ2n) is 6.80. The van der Waals surface area contributed by atoms with Gasteiger partial charge in [-0.2, -0.15) is 0 Å². The lowest BCUT2D eigenvalue weighted by atomic mass is 10.0. The van der Waals surface area contributed by atoms with Crippen LogP contribution in [-0.2, 0) is 9.53 Å². The van der Waals surface area contributed by atoms with Crippen molar-refractivity contribution in [1.29, 1.82) is 0 Å². The maximum Gasteiger partial charge on any atom is 0.305 e. The highest BCUT2D eigenvalue weighted by Gasteiger charge is 2.03. The Morgan fingerprint density at radius 3 is 1.70 bits per heavy atom. The Balaban J connectivity index is 3.14. The lowest BCUT2D eigenvalue weighted by Crippen LogP contribution is -2.05. The molecule has 1 atom stereocenters. The van der Waals surface area contributed by atoms with Gasteiger partial charge in [-0.3, -0.25) is 4.79 Å². The van der Waals surface area contributed by atoms with Crippen LogP contribution in [0.3, 0.4) is 0 Å². The van der Waals surface area contributed by atoms with E-state index in [2.05, 4.69) is 11.7 Å². The van der Waals surface area contributed by atoms with Crippen LogP contribution in [0.4, 0.5) is 0 Å². The van der Waals surface area contributed by atoms with Crippen LogP contribution in [0.2, 0.25) is 0 Å². The molecular weight excluding hydrogens is 288 g/mol. The minimum atomic E-state index is -0.0856. The van der Waals surface area contributed by atoms with Gasteiger partial charge < -0.3 is 9.84 Å². The molecule has 0 bridgehead atoms. The van der Waals surface area contributed by atoms with E-state index in [-0.39, 0.29) is 12.1 Å². The van der Waals surface area contributed by atoms with E-state index in [9.17, 15) is 9.90 Å². The van der Waals surface area contributed by atoms with Crippen LogP contribution in [0.15, 0.2) is 0 Å². The average molecular weight is 329 g/mol. The lowest BCUT2D eigenvalue weighted by molar-refractivity contribution is -0.140. The Kier molecular flexibility index (Phi) is 17.3. The van der Waals surface area contributed by atoms with Crippen LogP contribution in [0, 0.1) is 0 Å². The van der Waals surface area contributed by atoms with Crippen molar-refractivity contribution in [2.45, 2.75) is 116 Å². The smallest absolute Gasteiger partial charge is 0.305 e. The van der Waals surface area contributed by atoms with Crippen molar-refractivity contribution in [3.8, 4) is 0 Å². The third kappa shape index (κ3) is 17.6. The van der Waals surface area contributed by atoms with Gasteiger partial charge in [0.1, 0.15) is 0 Å². The second kappa shape index (κ2) is 17.8. The molecule has 0 saturated heterocycles. The number of hydrogen-bond acceptors (Lipinski definition) is 3. The Labute approximate surface area is 144 Å². The molecule has 0 radical (unpaired) electrons. The summed E-state index contributed by atoms with van der Waals surface area (Å²) in [6, 6.07) is 0. The van der Waals surface area contributed by atoms with E-state index in [1.54, 1.807) is 0 Å². The zero-order valence-electron chi connectivity index (χ0n) is 15.7. The molecule has 0 aromatic rings. The summed E-state index contributed by atoms with van der Waals surface area (Å²) in [6.07, 6.45) is 18.4. The molecule has 0 saturated carbocycles. The summed E-state index contributed by atoms with van der Waals surface area (Å²) in [4.78, 5) is 10.9. The largest absolute Gasteiger partial charge is 0.469 e. The number of ether oxygens (including phenoxy) is 1. The van der Waals surface area contributed by atoms with Crippen LogP contribution in [0.25, 0.3) is 0 Å². The van der Waals surface area contributed by atoms with E-state index >= 15 is 0 Å². The van der Waals surface area contributed by atoms with Gasteiger partial charge in [-0.05, 0) is 19.3 Å². The normalized spacial score (nSPS) is 12.3. The molecule has 1 unspecified atom stereocenters. The maximum absolute atomic E-state index is 10.9. The highest BCUT2D eigenvalue weighted by molar-refractivity contribution is 5.68. The lowest BCUT2D eigenvalue weighted by Gasteiger charge is -2.10. The van der Waals surface area contributed by atoms with Crippen molar-refractivity contribution < 1.29 is 14.6 Å². The minimum Gasteiger partial charge on any atom is -0.469 e. The van der Waals surface area contributed by atoms with Gasteiger partial charge in [0, 0.05) is 6.42 Å². The maximum atomic E-state index is 10.9. The van der Waals surface area contributed by atoms with Crippen LogP contribution in [0.1, 0.15) is 110 Å². The first kappa shape index (κ1) is 22.4. The number of esters is 1. The van der Waals surface area contributed by atoms with Gasteiger partial charge in [-0.25, -0.2) is 0 Å². The fraction of sp³-hybridized carbons (Fsp3) is 0.950. The van der Waals surface area contributed by atoms with Crippen molar-refractivity contribution in [3.05, 3.63) is 0 Å². The SMILES string of the molecule is CCCCCCC(O)CCCCCCCCCCCC(=O)OC. The zero-order chi connectivity index (χ0) is 17.2. The molecule has 23 heavy (non-hydrogen) atoms. The molecule has 0 amide bonds. The molecule has 0 fully saturated rings. The van der Waals surface area contributed by atoms with Crippen molar-refractivity contribution in [1.82, 2.24) is 0 Å². The highest BCUT2D eigenvalue weighted by Crippen LogP contribution is 2.14. The minimum absolute atomic E-state index is 0.0679. The van der Waals surface area contributed by atoms with E-state index in [1.807, 2.05) is 0 Å². The Morgan fingerprint density at radius 1 is 0.783 bits per heavy atom. The van der Waals surface area contributed by atoms with Gasteiger partial charge in [-0.15, -0.1) is 0 Å². The Hall–Kier alpha value is -0.570. The molecule has 0 rings (SSSR count).